The summed E-state index contributed by atoms with van der Waals surface area (Å²) in [6.45, 7) is 4.26. The van der Waals surface area contributed by atoms with Gasteiger partial charge >= 0.3 is 0 Å². The summed E-state index contributed by atoms with van der Waals surface area (Å²) in [5, 5.41) is 1.01. The normalized spacial score (nSPS) is 19.3. The second-order valence-corrected chi connectivity index (χ2v) is 9.37. The number of pyridine rings is 1. The van der Waals surface area contributed by atoms with Crippen molar-refractivity contribution in [1.29, 1.82) is 0 Å². The summed E-state index contributed by atoms with van der Waals surface area (Å²) in [6, 6.07) is 13.7. The Labute approximate surface area is 203 Å². The van der Waals surface area contributed by atoms with E-state index in [-0.39, 0.29) is 18.1 Å². The molecule has 3 aromatic rings. The maximum Gasteiger partial charge on any atom is 0.248 e. The van der Waals surface area contributed by atoms with Crippen molar-refractivity contribution in [3.63, 3.8) is 0 Å². The molecule has 1 unspecified atom stereocenters. The van der Waals surface area contributed by atoms with Crippen molar-refractivity contribution in [1.82, 2.24) is 14.8 Å². The molecule has 1 atom stereocenters. The number of hydrogen-bond acceptors (Lipinski definition) is 5. The van der Waals surface area contributed by atoms with Crippen LogP contribution in [0.5, 0.6) is 0 Å². The minimum absolute atomic E-state index is 0.0000715. The zero-order valence-corrected chi connectivity index (χ0v) is 19.7. The molecule has 2 saturated heterocycles. The molecule has 5 rings (SSSR count). The lowest BCUT2D eigenvalue weighted by Gasteiger charge is -2.48. The minimum Gasteiger partial charge on any atom is -0.368 e. The zero-order valence-electron chi connectivity index (χ0n) is 19.7. The molecular formula is C27H29FN4O3. The fraction of sp³-hybridized carbons (Fsp3) is 0.370. The number of piperidine rings is 1. The number of halogens is 1. The molecule has 2 aliphatic heterocycles. The van der Waals surface area contributed by atoms with Crippen molar-refractivity contribution >= 4 is 22.7 Å². The van der Waals surface area contributed by atoms with Gasteiger partial charge < -0.3 is 15.4 Å². The second kappa shape index (κ2) is 9.36. The topological polar surface area (TPSA) is 88.8 Å². The Morgan fingerprint density at radius 2 is 1.91 bits per heavy atom. The molecule has 0 bridgehead atoms. The summed E-state index contributed by atoms with van der Waals surface area (Å²) in [5.74, 6) is -1.05. The maximum atomic E-state index is 15.4. The number of nitrogens with two attached hydrogens (primary N) is 1. The quantitative estimate of drug-likeness (QED) is 0.611. The van der Waals surface area contributed by atoms with E-state index in [1.807, 2.05) is 53.1 Å². The molecular weight excluding hydrogens is 447 g/mol. The van der Waals surface area contributed by atoms with Gasteiger partial charge in [0.05, 0.1) is 11.1 Å². The molecule has 182 valence electrons. The third-order valence-electron chi connectivity index (χ3n) is 7.29. The van der Waals surface area contributed by atoms with E-state index in [1.165, 1.54) is 6.07 Å². The third kappa shape index (κ3) is 4.51. The molecule has 2 aliphatic rings. The van der Waals surface area contributed by atoms with E-state index in [2.05, 4.69) is 4.98 Å². The lowest BCUT2D eigenvalue weighted by Crippen LogP contribution is -2.59. The van der Waals surface area contributed by atoms with Crippen molar-refractivity contribution in [2.75, 3.05) is 32.8 Å². The van der Waals surface area contributed by atoms with E-state index in [0.29, 0.717) is 44.6 Å². The number of carbonyl (C=O) groups excluding carboxylic acids is 2. The highest BCUT2D eigenvalue weighted by molar-refractivity contribution is 5.85. The number of benzene rings is 2. The number of primary amides is 1. The van der Waals surface area contributed by atoms with Gasteiger partial charge in [-0.05, 0) is 49.1 Å². The number of carbonyl (C=O) groups is 2. The highest BCUT2D eigenvalue weighted by Gasteiger charge is 2.44. The first-order valence-corrected chi connectivity index (χ1v) is 12.0. The Hall–Kier alpha value is -3.36. The molecule has 0 aliphatic carbocycles. The minimum atomic E-state index is -0.868. The van der Waals surface area contributed by atoms with Gasteiger partial charge in [-0.1, -0.05) is 30.3 Å². The molecule has 0 radical (unpaired) electrons. The van der Waals surface area contributed by atoms with Gasteiger partial charge in [-0.3, -0.25) is 19.5 Å². The van der Waals surface area contributed by atoms with Gasteiger partial charge in [0.1, 0.15) is 18.5 Å². The van der Waals surface area contributed by atoms with Crippen LogP contribution in [-0.4, -0.2) is 65.0 Å². The Morgan fingerprint density at radius 3 is 2.63 bits per heavy atom. The maximum absolute atomic E-state index is 15.4. The van der Waals surface area contributed by atoms with Gasteiger partial charge in [-0.2, -0.15) is 0 Å². The SMILES string of the molecule is CCN1CC2(CCN(C(C(N)=O)c3ccc(-c4ccc5cccnc5c4)cc3F)CC2)OCC1=O. The molecule has 2 fully saturated rings. The van der Waals surface area contributed by atoms with Gasteiger partial charge in [0.25, 0.3) is 0 Å². The van der Waals surface area contributed by atoms with Crippen LogP contribution in [0.1, 0.15) is 31.4 Å². The number of amides is 2. The Kier molecular flexibility index (Phi) is 6.25. The number of ether oxygens (including phenoxy) is 1. The van der Waals surface area contributed by atoms with Crippen molar-refractivity contribution in [2.24, 2.45) is 5.73 Å². The monoisotopic (exact) mass is 476 g/mol. The molecule has 2 aromatic carbocycles. The van der Waals surface area contributed by atoms with E-state index in [9.17, 15) is 9.59 Å². The van der Waals surface area contributed by atoms with E-state index in [0.717, 1.165) is 16.5 Å². The van der Waals surface area contributed by atoms with Crippen LogP contribution in [-0.2, 0) is 14.3 Å². The van der Waals surface area contributed by atoms with Crippen molar-refractivity contribution in [2.45, 2.75) is 31.4 Å². The molecule has 35 heavy (non-hydrogen) atoms. The smallest absolute Gasteiger partial charge is 0.248 e. The average molecular weight is 477 g/mol. The zero-order chi connectivity index (χ0) is 24.6. The number of fused-ring (bicyclic) bond motifs is 1. The van der Waals surface area contributed by atoms with Crippen molar-refractivity contribution < 1.29 is 18.7 Å². The largest absolute Gasteiger partial charge is 0.368 e. The first kappa shape index (κ1) is 23.4. The standard InChI is InChI=1S/C27H29FN4O3/c1-2-31-17-27(35-16-24(31)33)9-12-32(13-10-27)25(26(29)34)21-8-7-19(14-22(21)28)20-6-5-18-4-3-11-30-23(18)15-20/h3-8,11,14-15,25H,2,9-10,12-13,16-17H2,1H3,(H2,29,34). The summed E-state index contributed by atoms with van der Waals surface area (Å²) in [4.78, 5) is 32.6. The van der Waals surface area contributed by atoms with Gasteiger partial charge in [-0.15, -0.1) is 0 Å². The van der Waals surface area contributed by atoms with Gasteiger partial charge in [0, 0.05) is 43.3 Å². The number of likely N-dealkylation sites (N-methyl/N-ethyl adjacent to an activating group) is 1. The molecule has 7 nitrogen and oxygen atoms in total. The number of likely N-dealkylation sites (tertiary alicyclic amines) is 1. The van der Waals surface area contributed by atoms with Crippen LogP contribution in [0.25, 0.3) is 22.0 Å². The number of nitrogens with zero attached hydrogens (tertiary/aromatic N) is 3. The molecule has 8 heteroatoms. The Morgan fingerprint density at radius 1 is 1.17 bits per heavy atom. The predicted octanol–water partition coefficient (Wildman–Crippen LogP) is 3.28. The van der Waals surface area contributed by atoms with Crippen LogP contribution in [0.3, 0.4) is 0 Å². The molecule has 2 N–H and O–H groups in total. The number of morpholine rings is 1. The van der Waals surface area contributed by atoms with Crippen LogP contribution < -0.4 is 5.73 Å². The van der Waals surface area contributed by atoms with Crippen LogP contribution in [0.15, 0.2) is 54.7 Å². The van der Waals surface area contributed by atoms with E-state index < -0.39 is 23.4 Å². The summed E-state index contributed by atoms with van der Waals surface area (Å²) in [5.41, 5.74) is 8.01. The lowest BCUT2D eigenvalue weighted by atomic mass is 9.87. The molecule has 3 heterocycles. The summed E-state index contributed by atoms with van der Waals surface area (Å²) >= 11 is 0. The van der Waals surface area contributed by atoms with Gasteiger partial charge in [-0.25, -0.2) is 4.39 Å². The third-order valence-corrected chi connectivity index (χ3v) is 7.29. The van der Waals surface area contributed by atoms with E-state index in [4.69, 9.17) is 10.5 Å². The first-order valence-electron chi connectivity index (χ1n) is 12.0. The van der Waals surface area contributed by atoms with Crippen LogP contribution in [0.4, 0.5) is 4.39 Å². The van der Waals surface area contributed by atoms with Gasteiger partial charge in [0.2, 0.25) is 11.8 Å². The molecule has 1 aromatic heterocycles. The molecule has 1 spiro atoms. The van der Waals surface area contributed by atoms with E-state index >= 15 is 4.39 Å². The summed E-state index contributed by atoms with van der Waals surface area (Å²) in [7, 11) is 0. The van der Waals surface area contributed by atoms with Crippen LogP contribution in [0, 0.1) is 5.82 Å². The van der Waals surface area contributed by atoms with Gasteiger partial charge in [0.15, 0.2) is 0 Å². The van der Waals surface area contributed by atoms with Crippen LogP contribution >= 0.6 is 0 Å². The first-order chi connectivity index (χ1) is 16.9. The number of aromatic nitrogens is 1. The second-order valence-electron chi connectivity index (χ2n) is 9.37. The Bertz CT molecular complexity index is 1270. The fourth-order valence-corrected chi connectivity index (χ4v) is 5.27. The summed E-state index contributed by atoms with van der Waals surface area (Å²) < 4.78 is 21.3. The van der Waals surface area contributed by atoms with Crippen LogP contribution in [0.2, 0.25) is 0 Å². The highest BCUT2D eigenvalue weighted by Crippen LogP contribution is 2.35. The Balaban J connectivity index is 1.36. The fourth-order valence-electron chi connectivity index (χ4n) is 5.27. The van der Waals surface area contributed by atoms with Crippen molar-refractivity contribution in [3.8, 4) is 11.1 Å². The lowest BCUT2D eigenvalue weighted by molar-refractivity contribution is -0.172. The predicted molar refractivity (Wildman–Crippen MR) is 131 cm³/mol. The molecule has 0 saturated carbocycles. The van der Waals surface area contributed by atoms with E-state index in [1.54, 1.807) is 12.3 Å². The average Bonchev–Trinajstić information content (AvgIpc) is 2.87. The number of rotatable bonds is 5. The summed E-state index contributed by atoms with van der Waals surface area (Å²) in [6.07, 6.45) is 3.01. The highest BCUT2D eigenvalue weighted by atomic mass is 19.1. The number of hydrogen-bond donors (Lipinski definition) is 1. The molecule has 2 amide bonds. The van der Waals surface area contributed by atoms with Crippen molar-refractivity contribution in [3.05, 3.63) is 66.1 Å².